The zero-order valence-corrected chi connectivity index (χ0v) is 20.2. The van der Waals surface area contributed by atoms with Crippen LogP contribution in [-0.4, -0.2) is 26.6 Å². The number of carboxylic acid groups (broad SMARTS) is 1. The number of nitrogens with zero attached hydrogens (tertiary/aromatic N) is 2. The molecule has 4 rings (SSSR count). The SMILES string of the molecule is Cc1ccccc1C(CC(=NO)c1ccc(=O)n(C)c1)c1ccc(-c2ccc(C(=O)O)c(F)c2)cc1F. The molecule has 0 fully saturated rings. The highest BCUT2D eigenvalue weighted by Gasteiger charge is 2.24. The van der Waals surface area contributed by atoms with Gasteiger partial charge in [-0.1, -0.05) is 47.6 Å². The quantitative estimate of drug-likeness (QED) is 0.192. The normalized spacial score (nSPS) is 12.4. The molecule has 1 heterocycles. The van der Waals surface area contributed by atoms with Gasteiger partial charge in [0, 0.05) is 37.2 Å². The molecule has 0 radical (unpaired) electrons. The topological polar surface area (TPSA) is 91.9 Å². The maximum absolute atomic E-state index is 15.6. The molecular weight excluding hydrogens is 478 g/mol. The maximum atomic E-state index is 15.6. The van der Waals surface area contributed by atoms with Crippen LogP contribution in [0.3, 0.4) is 0 Å². The number of benzene rings is 3. The molecule has 3 aromatic carbocycles. The lowest BCUT2D eigenvalue weighted by atomic mass is 9.83. The lowest BCUT2D eigenvalue weighted by Crippen LogP contribution is -2.18. The number of hydrogen-bond acceptors (Lipinski definition) is 4. The van der Waals surface area contributed by atoms with E-state index in [0.717, 1.165) is 23.3 Å². The molecule has 6 nitrogen and oxygen atoms in total. The summed E-state index contributed by atoms with van der Waals surface area (Å²) in [5.41, 5.74) is 2.93. The van der Waals surface area contributed by atoms with Gasteiger partial charge in [-0.15, -0.1) is 0 Å². The zero-order chi connectivity index (χ0) is 26.7. The predicted octanol–water partition coefficient (Wildman–Crippen LogP) is 5.74. The standard InChI is InChI=1S/C29H24F2N2O4/c1-17-5-3-4-6-21(17)24(15-27(32-37)20-9-12-28(34)33(2)16-20)22-10-7-18(13-25(22)30)19-8-11-23(29(35)36)26(31)14-19/h3-14,16,24,37H,15H2,1-2H3,(H,35,36). The van der Waals surface area contributed by atoms with Crippen LogP contribution in [0, 0.1) is 18.6 Å². The number of pyridine rings is 1. The van der Waals surface area contributed by atoms with E-state index < -0.39 is 29.1 Å². The number of aromatic nitrogens is 1. The fraction of sp³-hybridized carbons (Fsp3) is 0.138. The van der Waals surface area contributed by atoms with Crippen LogP contribution in [0.2, 0.25) is 0 Å². The Hall–Kier alpha value is -4.59. The summed E-state index contributed by atoms with van der Waals surface area (Å²) in [6.45, 7) is 1.91. The van der Waals surface area contributed by atoms with Crippen LogP contribution in [0.1, 0.15) is 45.0 Å². The summed E-state index contributed by atoms with van der Waals surface area (Å²) >= 11 is 0. The number of halogens is 2. The summed E-state index contributed by atoms with van der Waals surface area (Å²) in [7, 11) is 1.59. The van der Waals surface area contributed by atoms with Crippen molar-refractivity contribution in [2.45, 2.75) is 19.3 Å². The molecule has 2 N–H and O–H groups in total. The number of oxime groups is 1. The summed E-state index contributed by atoms with van der Waals surface area (Å²) < 4.78 is 31.2. The van der Waals surface area contributed by atoms with Gasteiger partial charge < -0.3 is 14.9 Å². The maximum Gasteiger partial charge on any atom is 0.338 e. The first-order valence-corrected chi connectivity index (χ1v) is 11.5. The number of aryl methyl sites for hydroxylation is 2. The van der Waals surface area contributed by atoms with Gasteiger partial charge in [0.15, 0.2) is 0 Å². The molecular formula is C29H24F2N2O4. The molecule has 0 saturated carbocycles. The minimum atomic E-state index is -1.38. The molecule has 0 aliphatic rings. The minimum absolute atomic E-state index is 0.137. The van der Waals surface area contributed by atoms with Crippen molar-refractivity contribution >= 4 is 11.7 Å². The first-order valence-electron chi connectivity index (χ1n) is 11.5. The third-order valence-electron chi connectivity index (χ3n) is 6.41. The van der Waals surface area contributed by atoms with E-state index in [1.54, 1.807) is 31.4 Å². The van der Waals surface area contributed by atoms with Gasteiger partial charge in [-0.3, -0.25) is 4.79 Å². The Kier molecular flexibility index (Phi) is 7.29. The largest absolute Gasteiger partial charge is 0.478 e. The second-order valence-corrected chi connectivity index (χ2v) is 8.76. The lowest BCUT2D eigenvalue weighted by molar-refractivity contribution is 0.0692. The highest BCUT2D eigenvalue weighted by molar-refractivity contribution is 6.00. The summed E-state index contributed by atoms with van der Waals surface area (Å²) in [5, 5.41) is 22.4. The fourth-order valence-electron chi connectivity index (χ4n) is 4.40. The zero-order valence-electron chi connectivity index (χ0n) is 20.2. The number of hydrogen-bond donors (Lipinski definition) is 2. The Labute approximate surface area is 211 Å². The van der Waals surface area contributed by atoms with Crippen LogP contribution >= 0.6 is 0 Å². The second-order valence-electron chi connectivity index (χ2n) is 8.76. The van der Waals surface area contributed by atoms with E-state index in [1.807, 2.05) is 31.2 Å². The molecule has 0 amide bonds. The van der Waals surface area contributed by atoms with Crippen molar-refractivity contribution in [3.63, 3.8) is 0 Å². The Morgan fingerprint density at radius 1 is 0.946 bits per heavy atom. The van der Waals surface area contributed by atoms with Gasteiger partial charge in [0.1, 0.15) is 11.6 Å². The highest BCUT2D eigenvalue weighted by atomic mass is 19.1. The number of carbonyl (C=O) groups is 1. The van der Waals surface area contributed by atoms with Crippen LogP contribution in [0.25, 0.3) is 11.1 Å². The van der Waals surface area contributed by atoms with Crippen LogP contribution in [0.5, 0.6) is 0 Å². The van der Waals surface area contributed by atoms with Gasteiger partial charge in [-0.2, -0.15) is 0 Å². The van der Waals surface area contributed by atoms with E-state index >= 15 is 4.39 Å². The van der Waals surface area contributed by atoms with Crippen molar-refractivity contribution in [2.24, 2.45) is 12.2 Å². The van der Waals surface area contributed by atoms with Crippen molar-refractivity contribution in [2.75, 3.05) is 0 Å². The van der Waals surface area contributed by atoms with Crippen molar-refractivity contribution in [1.29, 1.82) is 0 Å². The third-order valence-corrected chi connectivity index (χ3v) is 6.41. The smallest absolute Gasteiger partial charge is 0.338 e. The Morgan fingerprint density at radius 3 is 2.22 bits per heavy atom. The molecule has 4 aromatic rings. The van der Waals surface area contributed by atoms with Crippen molar-refractivity contribution in [1.82, 2.24) is 4.57 Å². The summed E-state index contributed by atoms with van der Waals surface area (Å²) in [6.07, 6.45) is 1.69. The van der Waals surface area contributed by atoms with E-state index in [-0.39, 0.29) is 17.7 Å². The average molecular weight is 503 g/mol. The molecule has 0 aliphatic carbocycles. The minimum Gasteiger partial charge on any atom is -0.478 e. The second kappa shape index (κ2) is 10.6. The molecule has 188 valence electrons. The Morgan fingerprint density at radius 2 is 1.62 bits per heavy atom. The molecule has 0 aliphatic heterocycles. The average Bonchev–Trinajstić information content (AvgIpc) is 2.87. The molecule has 0 saturated heterocycles. The molecule has 1 unspecified atom stereocenters. The van der Waals surface area contributed by atoms with Gasteiger partial charge in [-0.05, 0) is 59.0 Å². The molecule has 1 atom stereocenters. The van der Waals surface area contributed by atoms with Gasteiger partial charge in [0.2, 0.25) is 5.56 Å². The molecule has 1 aromatic heterocycles. The fourth-order valence-corrected chi connectivity index (χ4v) is 4.40. The van der Waals surface area contributed by atoms with Gasteiger partial charge in [0.05, 0.1) is 11.3 Å². The lowest BCUT2D eigenvalue weighted by Gasteiger charge is -2.22. The third kappa shape index (κ3) is 5.33. The first-order chi connectivity index (χ1) is 17.7. The number of carboxylic acids is 1. The molecule has 37 heavy (non-hydrogen) atoms. The van der Waals surface area contributed by atoms with Crippen molar-refractivity contribution < 1.29 is 23.9 Å². The first kappa shape index (κ1) is 25.5. The van der Waals surface area contributed by atoms with E-state index in [4.69, 9.17) is 5.11 Å². The Bertz CT molecular complexity index is 1580. The van der Waals surface area contributed by atoms with Crippen molar-refractivity contribution in [3.8, 4) is 11.1 Å². The van der Waals surface area contributed by atoms with Crippen molar-refractivity contribution in [3.05, 3.63) is 129 Å². The molecule has 0 bridgehead atoms. The highest BCUT2D eigenvalue weighted by Crippen LogP contribution is 2.35. The van der Waals surface area contributed by atoms with Gasteiger partial charge >= 0.3 is 5.97 Å². The van der Waals surface area contributed by atoms with Gasteiger partial charge in [0.25, 0.3) is 0 Å². The predicted molar refractivity (Wildman–Crippen MR) is 136 cm³/mol. The number of aromatic carboxylic acids is 1. The summed E-state index contributed by atoms with van der Waals surface area (Å²) in [5.74, 6) is -3.38. The van der Waals surface area contributed by atoms with E-state index in [2.05, 4.69) is 5.16 Å². The summed E-state index contributed by atoms with van der Waals surface area (Å²) in [6, 6.07) is 18.6. The number of rotatable bonds is 7. The summed E-state index contributed by atoms with van der Waals surface area (Å²) in [4.78, 5) is 22.9. The van der Waals surface area contributed by atoms with Crippen LogP contribution in [0.15, 0.2) is 88.9 Å². The Balaban J connectivity index is 1.77. The van der Waals surface area contributed by atoms with Crippen LogP contribution in [0.4, 0.5) is 8.78 Å². The molecule has 8 heteroatoms. The van der Waals surface area contributed by atoms with E-state index in [9.17, 15) is 19.2 Å². The van der Waals surface area contributed by atoms with Crippen LogP contribution < -0.4 is 5.56 Å². The van der Waals surface area contributed by atoms with E-state index in [0.29, 0.717) is 22.3 Å². The van der Waals surface area contributed by atoms with Crippen LogP contribution in [-0.2, 0) is 7.05 Å². The van der Waals surface area contributed by atoms with E-state index in [1.165, 1.54) is 22.8 Å². The monoisotopic (exact) mass is 502 g/mol. The molecule has 0 spiro atoms. The van der Waals surface area contributed by atoms with Gasteiger partial charge in [-0.25, -0.2) is 13.6 Å².